The molecule has 0 aliphatic rings. The molecule has 354 valence electrons. The van der Waals surface area contributed by atoms with Gasteiger partial charge in [0, 0.05) is 19.3 Å². The van der Waals surface area contributed by atoms with Gasteiger partial charge in [-0.25, -0.2) is 0 Å². The average Bonchev–Trinajstić information content (AvgIpc) is 3.27. The zero-order chi connectivity index (χ0) is 45.1. The Morgan fingerprint density at radius 2 is 0.710 bits per heavy atom. The molecule has 0 aliphatic carbocycles. The van der Waals surface area contributed by atoms with Crippen LogP contribution in [0, 0.1) is 0 Å². The fourth-order valence-electron chi connectivity index (χ4n) is 6.80. The van der Waals surface area contributed by atoms with Crippen LogP contribution in [-0.2, 0) is 28.6 Å². The molecule has 0 saturated heterocycles. The minimum atomic E-state index is -0.812. The summed E-state index contributed by atoms with van der Waals surface area (Å²) in [6, 6.07) is 0. The monoisotopic (exact) mass is 863 g/mol. The Bertz CT molecular complexity index is 1220. The van der Waals surface area contributed by atoms with Gasteiger partial charge in [-0.2, -0.15) is 0 Å². The third kappa shape index (κ3) is 47.6. The molecule has 62 heavy (non-hydrogen) atoms. The third-order valence-electron chi connectivity index (χ3n) is 10.7. The van der Waals surface area contributed by atoms with E-state index in [1.54, 1.807) is 0 Å². The van der Waals surface area contributed by atoms with Crippen molar-refractivity contribution in [1.82, 2.24) is 0 Å². The molecular weight excluding hydrogens is 769 g/mol. The smallest absolute Gasteiger partial charge is 0.306 e. The molecule has 0 aromatic heterocycles. The van der Waals surface area contributed by atoms with Gasteiger partial charge in [-0.1, -0.05) is 202 Å². The summed E-state index contributed by atoms with van der Waals surface area (Å²) in [6.45, 7) is 6.41. The number of rotatable bonds is 45. The first-order chi connectivity index (χ1) is 30.5. The second-order valence-electron chi connectivity index (χ2n) is 16.7. The van der Waals surface area contributed by atoms with Gasteiger partial charge < -0.3 is 14.2 Å². The SMILES string of the molecule is CC/C=C/C=C/C=C/CCCCCCCC(=O)OCC(COC(=O)CCC/C=C/C/C=C/C/C=C/CCCCCCCC)OC(=O)CCCCC/C=C/CCCCCCCCC. The standard InChI is InChI=1S/C56H94O6/c1-4-7-10-13-16-19-22-25-27-28-29-32-34-37-40-43-46-49-55(58)61-52-53(51-60-54(57)48-45-42-39-36-33-30-24-21-18-15-12-9-6-3)62-56(59)50-47-44-41-38-35-31-26-23-20-17-14-11-8-5-2/h9,12,15,18,21,24-25,27,29,31-32,35,37,40,53H,4-8,10-11,13-14,16-17,19-20,22-23,26,28,30,33-34,36,38-39,41-52H2,1-3H3/b12-9+,18-15+,24-21+,27-25+,32-29+,35-31+,40-37+. The maximum Gasteiger partial charge on any atom is 0.306 e. The molecule has 0 amide bonds. The highest BCUT2D eigenvalue weighted by Crippen LogP contribution is 2.13. The first-order valence-corrected chi connectivity index (χ1v) is 25.6. The number of allylic oxidation sites excluding steroid dienone is 14. The van der Waals surface area contributed by atoms with Gasteiger partial charge in [-0.3, -0.25) is 14.4 Å². The van der Waals surface area contributed by atoms with Crippen LogP contribution in [0.15, 0.2) is 85.1 Å². The number of hydrogen-bond acceptors (Lipinski definition) is 6. The Balaban J connectivity index is 4.51. The Hall–Kier alpha value is -3.41. The zero-order valence-corrected chi connectivity index (χ0v) is 40.4. The van der Waals surface area contributed by atoms with E-state index >= 15 is 0 Å². The van der Waals surface area contributed by atoms with Crippen molar-refractivity contribution >= 4 is 17.9 Å². The topological polar surface area (TPSA) is 78.9 Å². The molecule has 0 aromatic rings. The highest BCUT2D eigenvalue weighted by molar-refractivity contribution is 5.71. The number of unbranched alkanes of at least 4 members (excludes halogenated alkanes) is 22. The average molecular weight is 863 g/mol. The van der Waals surface area contributed by atoms with E-state index in [0.717, 1.165) is 96.3 Å². The number of esters is 3. The second kappa shape index (κ2) is 50.2. The lowest BCUT2D eigenvalue weighted by atomic mass is 10.1. The largest absolute Gasteiger partial charge is 0.462 e. The molecule has 0 spiro atoms. The number of ether oxygens (including phenoxy) is 3. The molecule has 0 N–H and O–H groups in total. The third-order valence-corrected chi connectivity index (χ3v) is 10.7. The summed E-state index contributed by atoms with van der Waals surface area (Å²) in [5.41, 5.74) is 0. The summed E-state index contributed by atoms with van der Waals surface area (Å²) in [4.78, 5) is 37.9. The summed E-state index contributed by atoms with van der Waals surface area (Å²) in [6.07, 6.45) is 64.3. The Morgan fingerprint density at radius 3 is 1.21 bits per heavy atom. The maximum absolute atomic E-state index is 12.8. The van der Waals surface area contributed by atoms with Gasteiger partial charge in [-0.05, 0) is 96.3 Å². The fraction of sp³-hybridized carbons (Fsp3) is 0.696. The van der Waals surface area contributed by atoms with Crippen LogP contribution < -0.4 is 0 Å². The minimum Gasteiger partial charge on any atom is -0.462 e. The van der Waals surface area contributed by atoms with Crippen LogP contribution in [0.25, 0.3) is 0 Å². The number of hydrogen-bond donors (Lipinski definition) is 0. The van der Waals surface area contributed by atoms with E-state index in [-0.39, 0.29) is 37.5 Å². The normalized spacial score (nSPS) is 12.8. The quantitative estimate of drug-likeness (QED) is 0.0199. The Morgan fingerprint density at radius 1 is 0.355 bits per heavy atom. The van der Waals surface area contributed by atoms with Crippen molar-refractivity contribution in [2.24, 2.45) is 0 Å². The van der Waals surface area contributed by atoms with Crippen molar-refractivity contribution in [2.45, 2.75) is 239 Å². The second-order valence-corrected chi connectivity index (χ2v) is 16.7. The zero-order valence-electron chi connectivity index (χ0n) is 40.4. The molecule has 0 rings (SSSR count). The van der Waals surface area contributed by atoms with Crippen LogP contribution >= 0.6 is 0 Å². The molecule has 0 aliphatic heterocycles. The summed E-state index contributed by atoms with van der Waals surface area (Å²) in [5.74, 6) is -1.00. The molecule has 1 atom stereocenters. The number of carbonyl (C=O) groups is 3. The minimum absolute atomic E-state index is 0.110. The first-order valence-electron chi connectivity index (χ1n) is 25.6. The predicted octanol–water partition coefficient (Wildman–Crippen LogP) is 16.8. The summed E-state index contributed by atoms with van der Waals surface area (Å²) in [5, 5.41) is 0. The van der Waals surface area contributed by atoms with E-state index < -0.39 is 6.10 Å². The van der Waals surface area contributed by atoms with Crippen LogP contribution in [0.2, 0.25) is 0 Å². The fourth-order valence-corrected chi connectivity index (χ4v) is 6.80. The number of carbonyl (C=O) groups excluding carboxylic acids is 3. The van der Waals surface area contributed by atoms with E-state index in [2.05, 4.69) is 106 Å². The summed E-state index contributed by atoms with van der Waals surface area (Å²) in [7, 11) is 0. The van der Waals surface area contributed by atoms with Gasteiger partial charge in [0.1, 0.15) is 13.2 Å². The van der Waals surface area contributed by atoms with Gasteiger partial charge in [0.2, 0.25) is 0 Å². The molecule has 0 aromatic carbocycles. The lowest BCUT2D eigenvalue weighted by molar-refractivity contribution is -0.167. The Kier molecular flexibility index (Phi) is 47.5. The summed E-state index contributed by atoms with van der Waals surface area (Å²) >= 11 is 0. The molecule has 6 heteroatoms. The van der Waals surface area contributed by atoms with Gasteiger partial charge in [-0.15, -0.1) is 0 Å². The van der Waals surface area contributed by atoms with Crippen LogP contribution in [-0.4, -0.2) is 37.2 Å². The van der Waals surface area contributed by atoms with E-state index in [1.807, 2.05) is 0 Å². The van der Waals surface area contributed by atoms with Gasteiger partial charge >= 0.3 is 17.9 Å². The van der Waals surface area contributed by atoms with Gasteiger partial charge in [0.15, 0.2) is 6.10 Å². The first kappa shape index (κ1) is 58.6. The molecule has 6 nitrogen and oxygen atoms in total. The lowest BCUT2D eigenvalue weighted by Gasteiger charge is -2.18. The van der Waals surface area contributed by atoms with E-state index in [4.69, 9.17) is 14.2 Å². The molecule has 0 fully saturated rings. The van der Waals surface area contributed by atoms with E-state index in [0.29, 0.717) is 19.3 Å². The molecule has 0 saturated carbocycles. The van der Waals surface area contributed by atoms with Crippen molar-refractivity contribution in [1.29, 1.82) is 0 Å². The van der Waals surface area contributed by atoms with Crippen LogP contribution in [0.3, 0.4) is 0 Å². The molecule has 0 radical (unpaired) electrons. The highest BCUT2D eigenvalue weighted by Gasteiger charge is 2.19. The molecule has 1 unspecified atom stereocenters. The summed E-state index contributed by atoms with van der Waals surface area (Å²) < 4.78 is 16.7. The van der Waals surface area contributed by atoms with Gasteiger partial charge in [0.25, 0.3) is 0 Å². The highest BCUT2D eigenvalue weighted by atomic mass is 16.6. The van der Waals surface area contributed by atoms with Gasteiger partial charge in [0.05, 0.1) is 0 Å². The van der Waals surface area contributed by atoms with Crippen LogP contribution in [0.4, 0.5) is 0 Å². The van der Waals surface area contributed by atoms with Crippen LogP contribution in [0.1, 0.15) is 233 Å². The predicted molar refractivity (Wildman–Crippen MR) is 265 cm³/mol. The molecule has 0 heterocycles. The lowest BCUT2D eigenvalue weighted by Crippen LogP contribution is -2.30. The van der Waals surface area contributed by atoms with Crippen molar-refractivity contribution in [3.05, 3.63) is 85.1 Å². The van der Waals surface area contributed by atoms with Crippen molar-refractivity contribution in [3.8, 4) is 0 Å². The molecular formula is C56H94O6. The van der Waals surface area contributed by atoms with E-state index in [1.165, 1.54) is 89.9 Å². The molecule has 0 bridgehead atoms. The van der Waals surface area contributed by atoms with Crippen molar-refractivity contribution in [3.63, 3.8) is 0 Å². The maximum atomic E-state index is 12.8. The van der Waals surface area contributed by atoms with Crippen LogP contribution in [0.5, 0.6) is 0 Å². The Labute approximate surface area is 382 Å². The van der Waals surface area contributed by atoms with Crippen molar-refractivity contribution in [2.75, 3.05) is 13.2 Å². The van der Waals surface area contributed by atoms with E-state index in [9.17, 15) is 14.4 Å². The van der Waals surface area contributed by atoms with Crippen molar-refractivity contribution < 1.29 is 28.6 Å².